The second kappa shape index (κ2) is 3.50. The number of benzene rings is 1. The molecule has 0 saturated carbocycles. The lowest BCUT2D eigenvalue weighted by molar-refractivity contribution is 0.626. The molecule has 2 rings (SSSR count). The Balaban J connectivity index is 2.43. The molecule has 0 aliphatic heterocycles. The van der Waals surface area contributed by atoms with Gasteiger partial charge in [0.1, 0.15) is 10.5 Å². The maximum absolute atomic E-state index is 4.13. The molecule has 0 fully saturated rings. The van der Waals surface area contributed by atoms with Gasteiger partial charge in [-0.3, -0.25) is 0 Å². The van der Waals surface area contributed by atoms with E-state index in [9.17, 15) is 0 Å². The molecule has 1 aromatic heterocycles. The van der Waals surface area contributed by atoms with Crippen LogP contribution in [-0.4, -0.2) is 10.2 Å². The molecule has 3 heteroatoms. The topological polar surface area (TPSA) is 25.8 Å². The zero-order chi connectivity index (χ0) is 10.0. The van der Waals surface area contributed by atoms with E-state index in [2.05, 4.69) is 48.3 Å². The number of rotatable bonds is 2. The Kier molecular flexibility index (Phi) is 2.33. The van der Waals surface area contributed by atoms with Crippen molar-refractivity contribution in [2.75, 3.05) is 0 Å². The van der Waals surface area contributed by atoms with Crippen molar-refractivity contribution in [3.8, 4) is 0 Å². The highest BCUT2D eigenvalue weighted by Gasteiger charge is 2.25. The average Bonchev–Trinajstić information content (AvgIpc) is 2.72. The highest BCUT2D eigenvalue weighted by atomic mass is 32.1. The molecule has 0 aliphatic carbocycles. The summed E-state index contributed by atoms with van der Waals surface area (Å²) in [5, 5.41) is 9.07. The van der Waals surface area contributed by atoms with E-state index in [-0.39, 0.29) is 5.41 Å². The van der Waals surface area contributed by atoms with Crippen molar-refractivity contribution >= 4 is 11.3 Å². The molecule has 0 unspecified atom stereocenters. The first-order valence-corrected chi connectivity index (χ1v) is 5.41. The van der Waals surface area contributed by atoms with Gasteiger partial charge in [0.15, 0.2) is 0 Å². The third kappa shape index (κ3) is 1.55. The summed E-state index contributed by atoms with van der Waals surface area (Å²) in [6.07, 6.45) is 0. The van der Waals surface area contributed by atoms with Crippen molar-refractivity contribution in [1.82, 2.24) is 10.2 Å². The van der Waals surface area contributed by atoms with Crippen molar-refractivity contribution in [3.63, 3.8) is 0 Å². The van der Waals surface area contributed by atoms with E-state index in [1.165, 1.54) is 5.56 Å². The molecule has 0 radical (unpaired) electrons. The molecule has 0 bridgehead atoms. The van der Waals surface area contributed by atoms with Crippen LogP contribution in [0.15, 0.2) is 35.8 Å². The Bertz CT molecular complexity index is 392. The van der Waals surface area contributed by atoms with Gasteiger partial charge < -0.3 is 0 Å². The first-order valence-electron chi connectivity index (χ1n) is 4.53. The van der Waals surface area contributed by atoms with Gasteiger partial charge in [0, 0.05) is 5.41 Å². The van der Waals surface area contributed by atoms with Crippen molar-refractivity contribution in [1.29, 1.82) is 0 Å². The molecule has 0 atom stereocenters. The standard InChI is InChI=1S/C11H12N2S/c1-11(2,10-13-12-8-14-10)9-6-4-3-5-7-9/h3-8H,1-2H3. The van der Waals surface area contributed by atoms with E-state index in [1.54, 1.807) is 16.8 Å². The number of hydrogen-bond donors (Lipinski definition) is 0. The molecule has 72 valence electrons. The minimum atomic E-state index is -0.0393. The van der Waals surface area contributed by atoms with Crippen LogP contribution in [0.3, 0.4) is 0 Å². The highest BCUT2D eigenvalue weighted by Crippen LogP contribution is 2.31. The SMILES string of the molecule is CC(C)(c1ccccc1)c1nncs1. The number of aromatic nitrogens is 2. The molecular formula is C11H12N2S. The second-order valence-corrected chi connectivity index (χ2v) is 4.57. The minimum absolute atomic E-state index is 0.0393. The van der Waals surface area contributed by atoms with E-state index in [0.717, 1.165) is 5.01 Å². The Labute approximate surface area is 87.6 Å². The molecule has 1 heterocycles. The van der Waals surface area contributed by atoms with Crippen LogP contribution in [0.1, 0.15) is 24.4 Å². The molecular weight excluding hydrogens is 192 g/mol. The first-order chi connectivity index (χ1) is 6.71. The van der Waals surface area contributed by atoms with E-state index < -0.39 is 0 Å². The molecule has 0 aliphatic rings. The molecule has 0 spiro atoms. The normalized spacial score (nSPS) is 11.6. The summed E-state index contributed by atoms with van der Waals surface area (Å²) in [7, 11) is 0. The fraction of sp³-hybridized carbons (Fsp3) is 0.273. The van der Waals surface area contributed by atoms with E-state index in [1.807, 2.05) is 6.07 Å². The lowest BCUT2D eigenvalue weighted by atomic mass is 9.85. The van der Waals surface area contributed by atoms with Crippen LogP contribution >= 0.6 is 11.3 Å². The molecule has 2 nitrogen and oxygen atoms in total. The monoisotopic (exact) mass is 204 g/mol. The summed E-state index contributed by atoms with van der Waals surface area (Å²) < 4.78 is 0. The molecule has 0 amide bonds. The van der Waals surface area contributed by atoms with Crippen LogP contribution in [0, 0.1) is 0 Å². The maximum atomic E-state index is 4.13. The molecule has 1 aromatic carbocycles. The van der Waals surface area contributed by atoms with Crippen LogP contribution in [-0.2, 0) is 5.41 Å². The van der Waals surface area contributed by atoms with Gasteiger partial charge in [-0.1, -0.05) is 30.3 Å². The van der Waals surface area contributed by atoms with Gasteiger partial charge in [0.25, 0.3) is 0 Å². The van der Waals surface area contributed by atoms with Crippen molar-refractivity contribution in [3.05, 3.63) is 46.4 Å². The third-order valence-electron chi connectivity index (χ3n) is 2.39. The fourth-order valence-electron chi connectivity index (χ4n) is 1.42. The summed E-state index contributed by atoms with van der Waals surface area (Å²) >= 11 is 1.60. The zero-order valence-electron chi connectivity index (χ0n) is 8.27. The van der Waals surface area contributed by atoms with Gasteiger partial charge in [-0.15, -0.1) is 21.5 Å². The predicted octanol–water partition coefficient (Wildman–Crippen LogP) is 2.86. The Morgan fingerprint density at radius 3 is 2.43 bits per heavy atom. The van der Waals surface area contributed by atoms with Gasteiger partial charge in [0.05, 0.1) is 0 Å². The van der Waals surface area contributed by atoms with E-state index in [0.29, 0.717) is 0 Å². The van der Waals surface area contributed by atoms with E-state index >= 15 is 0 Å². The molecule has 0 N–H and O–H groups in total. The quantitative estimate of drug-likeness (QED) is 0.751. The lowest BCUT2D eigenvalue weighted by Crippen LogP contribution is -2.18. The van der Waals surface area contributed by atoms with Crippen LogP contribution < -0.4 is 0 Å². The highest BCUT2D eigenvalue weighted by molar-refractivity contribution is 7.09. The molecule has 0 saturated heterocycles. The van der Waals surface area contributed by atoms with Gasteiger partial charge >= 0.3 is 0 Å². The smallest absolute Gasteiger partial charge is 0.127 e. The van der Waals surface area contributed by atoms with Gasteiger partial charge in [0.2, 0.25) is 0 Å². The Morgan fingerprint density at radius 1 is 1.14 bits per heavy atom. The predicted molar refractivity (Wildman–Crippen MR) is 58.5 cm³/mol. The van der Waals surface area contributed by atoms with Crippen LogP contribution in [0.2, 0.25) is 0 Å². The molecule has 2 aromatic rings. The van der Waals surface area contributed by atoms with E-state index in [4.69, 9.17) is 0 Å². The minimum Gasteiger partial charge on any atom is -0.147 e. The van der Waals surface area contributed by atoms with Gasteiger partial charge in [-0.05, 0) is 19.4 Å². The molecule has 14 heavy (non-hydrogen) atoms. The lowest BCUT2D eigenvalue weighted by Gasteiger charge is -2.21. The summed E-state index contributed by atoms with van der Waals surface area (Å²) in [6, 6.07) is 10.4. The maximum Gasteiger partial charge on any atom is 0.127 e. The number of nitrogens with zero attached hydrogens (tertiary/aromatic N) is 2. The van der Waals surface area contributed by atoms with Crippen molar-refractivity contribution in [2.45, 2.75) is 19.3 Å². The van der Waals surface area contributed by atoms with Crippen LogP contribution in [0.5, 0.6) is 0 Å². The Hall–Kier alpha value is -1.22. The van der Waals surface area contributed by atoms with Crippen LogP contribution in [0.4, 0.5) is 0 Å². The fourth-order valence-corrected chi connectivity index (χ4v) is 2.12. The number of hydrogen-bond acceptors (Lipinski definition) is 3. The zero-order valence-corrected chi connectivity index (χ0v) is 9.08. The largest absolute Gasteiger partial charge is 0.147 e. The summed E-state index contributed by atoms with van der Waals surface area (Å²) in [6.45, 7) is 4.34. The van der Waals surface area contributed by atoms with Crippen molar-refractivity contribution in [2.24, 2.45) is 0 Å². The van der Waals surface area contributed by atoms with Crippen LogP contribution in [0.25, 0.3) is 0 Å². The summed E-state index contributed by atoms with van der Waals surface area (Å²) in [5.74, 6) is 0. The summed E-state index contributed by atoms with van der Waals surface area (Å²) in [5.41, 5.74) is 3.01. The second-order valence-electron chi connectivity index (χ2n) is 3.73. The summed E-state index contributed by atoms with van der Waals surface area (Å²) in [4.78, 5) is 0. The van der Waals surface area contributed by atoms with Crippen molar-refractivity contribution < 1.29 is 0 Å². The third-order valence-corrected chi connectivity index (χ3v) is 3.41. The Morgan fingerprint density at radius 2 is 1.86 bits per heavy atom. The van der Waals surface area contributed by atoms with Gasteiger partial charge in [-0.25, -0.2) is 0 Å². The first kappa shape index (κ1) is 9.34. The van der Waals surface area contributed by atoms with Gasteiger partial charge in [-0.2, -0.15) is 0 Å². The average molecular weight is 204 g/mol.